The van der Waals surface area contributed by atoms with E-state index in [0.717, 1.165) is 18.1 Å². The van der Waals surface area contributed by atoms with Crippen molar-refractivity contribution in [2.45, 2.75) is 19.3 Å². The maximum Gasteiger partial charge on any atom is 0.109 e. The van der Waals surface area contributed by atoms with Crippen molar-refractivity contribution in [3.63, 3.8) is 0 Å². The quantitative estimate of drug-likeness (QED) is 0.709. The van der Waals surface area contributed by atoms with Gasteiger partial charge >= 0.3 is 0 Å². The molecule has 1 heterocycles. The highest BCUT2D eigenvalue weighted by molar-refractivity contribution is 7.80. The van der Waals surface area contributed by atoms with Gasteiger partial charge < -0.3 is 4.90 Å². The number of nitrogens with zero attached hydrogens (tertiary/aromatic N) is 1. The van der Waals surface area contributed by atoms with E-state index in [9.17, 15) is 0 Å². The van der Waals surface area contributed by atoms with Gasteiger partial charge in [-0.25, -0.2) is 0 Å². The molecule has 0 amide bonds. The van der Waals surface area contributed by atoms with Gasteiger partial charge in [-0.1, -0.05) is 54.7 Å². The van der Waals surface area contributed by atoms with E-state index < -0.39 is 0 Å². The van der Waals surface area contributed by atoms with Crippen LogP contribution in [-0.4, -0.2) is 23.0 Å². The molecule has 0 aliphatic carbocycles. The third-order valence-corrected chi connectivity index (χ3v) is 4.14. The Morgan fingerprint density at radius 3 is 2.44 bits per heavy atom. The minimum atomic E-state index is 1.02. The number of thiocarbonyl (C=S) groups is 1. The lowest BCUT2D eigenvalue weighted by Crippen LogP contribution is -2.35. The van der Waals surface area contributed by atoms with Crippen molar-refractivity contribution >= 4 is 28.0 Å². The average Bonchev–Trinajstić information content (AvgIpc) is 2.47. The first kappa shape index (κ1) is 11.7. The monoisotopic (exact) mass is 255 g/mol. The summed E-state index contributed by atoms with van der Waals surface area (Å²) in [5, 5.41) is 2.55. The lowest BCUT2D eigenvalue weighted by molar-refractivity contribution is 0.348. The second-order valence-corrected chi connectivity index (χ2v) is 5.27. The minimum Gasteiger partial charge on any atom is -0.362 e. The van der Waals surface area contributed by atoms with E-state index in [-0.39, 0.29) is 0 Å². The van der Waals surface area contributed by atoms with Gasteiger partial charge in [0.25, 0.3) is 0 Å². The molecule has 0 N–H and O–H groups in total. The van der Waals surface area contributed by atoms with Crippen LogP contribution in [0.1, 0.15) is 24.8 Å². The van der Waals surface area contributed by atoms with Gasteiger partial charge in [-0.05, 0) is 30.0 Å². The lowest BCUT2D eigenvalue weighted by Gasteiger charge is -2.29. The van der Waals surface area contributed by atoms with E-state index in [2.05, 4.69) is 47.4 Å². The summed E-state index contributed by atoms with van der Waals surface area (Å²) in [5.41, 5.74) is 1.21. The normalized spacial score (nSPS) is 15.9. The van der Waals surface area contributed by atoms with Gasteiger partial charge in [0.2, 0.25) is 0 Å². The van der Waals surface area contributed by atoms with E-state index in [0.29, 0.717) is 0 Å². The molecular weight excluding hydrogens is 238 g/mol. The molecule has 0 bridgehead atoms. The maximum absolute atomic E-state index is 5.69. The molecule has 2 aromatic carbocycles. The number of benzene rings is 2. The summed E-state index contributed by atoms with van der Waals surface area (Å²) >= 11 is 5.69. The lowest BCUT2D eigenvalue weighted by atomic mass is 10.0. The zero-order chi connectivity index (χ0) is 12.4. The van der Waals surface area contributed by atoms with Crippen molar-refractivity contribution in [3.05, 3.63) is 48.0 Å². The van der Waals surface area contributed by atoms with E-state index in [1.807, 2.05) is 0 Å². The van der Waals surface area contributed by atoms with Gasteiger partial charge in [0.05, 0.1) is 0 Å². The molecule has 18 heavy (non-hydrogen) atoms. The Labute approximate surface area is 113 Å². The molecule has 1 fully saturated rings. The predicted octanol–water partition coefficient (Wildman–Crippen LogP) is 4.00. The summed E-state index contributed by atoms with van der Waals surface area (Å²) in [7, 11) is 0. The van der Waals surface area contributed by atoms with Crippen molar-refractivity contribution in [1.29, 1.82) is 0 Å². The fourth-order valence-electron chi connectivity index (χ4n) is 2.68. The molecule has 0 atom stereocenters. The fourth-order valence-corrected chi connectivity index (χ4v) is 3.04. The van der Waals surface area contributed by atoms with Crippen LogP contribution >= 0.6 is 12.2 Å². The SMILES string of the molecule is S=C(c1cccc2ccccc12)N1CCCCC1. The molecule has 2 aromatic rings. The smallest absolute Gasteiger partial charge is 0.109 e. The fraction of sp³-hybridized carbons (Fsp3) is 0.312. The molecule has 0 radical (unpaired) electrons. The number of hydrogen-bond acceptors (Lipinski definition) is 1. The number of likely N-dealkylation sites (tertiary alicyclic amines) is 1. The Balaban J connectivity index is 2.00. The molecule has 3 rings (SSSR count). The van der Waals surface area contributed by atoms with Crippen molar-refractivity contribution in [2.75, 3.05) is 13.1 Å². The van der Waals surface area contributed by atoms with Crippen molar-refractivity contribution in [3.8, 4) is 0 Å². The number of hydrogen-bond donors (Lipinski definition) is 0. The van der Waals surface area contributed by atoms with Crippen LogP contribution in [0.25, 0.3) is 10.8 Å². The third-order valence-electron chi connectivity index (χ3n) is 3.66. The Morgan fingerprint density at radius 1 is 0.889 bits per heavy atom. The van der Waals surface area contributed by atoms with Crippen LogP contribution in [-0.2, 0) is 0 Å². The van der Waals surface area contributed by atoms with Crippen LogP contribution in [0, 0.1) is 0 Å². The van der Waals surface area contributed by atoms with Crippen LogP contribution in [0.4, 0.5) is 0 Å². The van der Waals surface area contributed by atoms with Gasteiger partial charge in [0.15, 0.2) is 0 Å². The standard InChI is InChI=1S/C16H17NS/c18-16(17-11-4-1-5-12-17)15-10-6-8-13-7-2-3-9-14(13)15/h2-3,6-10H,1,4-5,11-12H2. The summed E-state index contributed by atoms with van der Waals surface area (Å²) in [6, 6.07) is 14.9. The van der Waals surface area contributed by atoms with E-state index >= 15 is 0 Å². The molecule has 1 aliphatic heterocycles. The Bertz CT molecular complexity index is 565. The molecule has 0 aromatic heterocycles. The number of fused-ring (bicyclic) bond motifs is 1. The first-order chi connectivity index (χ1) is 8.86. The Hall–Kier alpha value is -1.41. The second kappa shape index (κ2) is 5.07. The first-order valence-electron chi connectivity index (χ1n) is 6.63. The molecular formula is C16H17NS. The molecule has 0 saturated carbocycles. The molecule has 1 aliphatic rings. The largest absolute Gasteiger partial charge is 0.362 e. The second-order valence-electron chi connectivity index (χ2n) is 4.88. The van der Waals surface area contributed by atoms with Crippen molar-refractivity contribution in [2.24, 2.45) is 0 Å². The number of rotatable bonds is 1. The highest BCUT2D eigenvalue weighted by Crippen LogP contribution is 2.22. The van der Waals surface area contributed by atoms with Gasteiger partial charge in [-0.15, -0.1) is 0 Å². The van der Waals surface area contributed by atoms with Gasteiger partial charge in [0, 0.05) is 18.7 Å². The molecule has 1 saturated heterocycles. The topological polar surface area (TPSA) is 3.24 Å². The first-order valence-corrected chi connectivity index (χ1v) is 7.04. The van der Waals surface area contributed by atoms with Crippen molar-refractivity contribution < 1.29 is 0 Å². The Kier molecular flexibility index (Phi) is 3.28. The summed E-state index contributed by atoms with van der Waals surface area (Å²) in [5.74, 6) is 0. The summed E-state index contributed by atoms with van der Waals surface area (Å²) < 4.78 is 0. The molecule has 0 spiro atoms. The Morgan fingerprint density at radius 2 is 1.61 bits per heavy atom. The van der Waals surface area contributed by atoms with E-state index in [4.69, 9.17) is 12.2 Å². The third kappa shape index (κ3) is 2.13. The van der Waals surface area contributed by atoms with Gasteiger partial charge in [0.1, 0.15) is 4.99 Å². The zero-order valence-corrected chi connectivity index (χ0v) is 11.2. The highest BCUT2D eigenvalue weighted by Gasteiger charge is 2.16. The summed E-state index contributed by atoms with van der Waals surface area (Å²) in [6.45, 7) is 2.23. The maximum atomic E-state index is 5.69. The predicted molar refractivity (Wildman–Crippen MR) is 81.1 cm³/mol. The molecule has 92 valence electrons. The molecule has 0 unspecified atom stereocenters. The highest BCUT2D eigenvalue weighted by atomic mass is 32.1. The average molecular weight is 255 g/mol. The van der Waals surface area contributed by atoms with Crippen molar-refractivity contribution in [1.82, 2.24) is 4.90 Å². The van der Waals surface area contributed by atoms with Gasteiger partial charge in [-0.3, -0.25) is 0 Å². The van der Waals surface area contributed by atoms with E-state index in [1.165, 1.54) is 35.6 Å². The molecule has 1 nitrogen and oxygen atoms in total. The van der Waals surface area contributed by atoms with Gasteiger partial charge in [-0.2, -0.15) is 0 Å². The van der Waals surface area contributed by atoms with Crippen LogP contribution in [0.15, 0.2) is 42.5 Å². The number of piperidine rings is 1. The minimum absolute atomic E-state index is 1.02. The van der Waals surface area contributed by atoms with Crippen LogP contribution in [0.2, 0.25) is 0 Å². The van der Waals surface area contributed by atoms with E-state index in [1.54, 1.807) is 0 Å². The summed E-state index contributed by atoms with van der Waals surface area (Å²) in [4.78, 5) is 3.38. The molecule has 2 heteroatoms. The zero-order valence-electron chi connectivity index (χ0n) is 10.4. The summed E-state index contributed by atoms with van der Waals surface area (Å²) in [6.07, 6.45) is 3.88. The van der Waals surface area contributed by atoms with Crippen LogP contribution in [0.3, 0.4) is 0 Å². The van der Waals surface area contributed by atoms with Crippen LogP contribution in [0.5, 0.6) is 0 Å². The van der Waals surface area contributed by atoms with Crippen LogP contribution < -0.4 is 0 Å².